The average Bonchev–Trinajstić information content (AvgIpc) is 2.43. The number of nitrogens with two attached hydrogens (primary N) is 1. The third kappa shape index (κ3) is 6.05. The van der Waals surface area contributed by atoms with E-state index in [1.807, 2.05) is 31.2 Å². The first-order chi connectivity index (χ1) is 9.17. The first kappa shape index (κ1) is 16.0. The molecule has 0 fully saturated rings. The van der Waals surface area contributed by atoms with E-state index in [1.165, 1.54) is 0 Å². The molecule has 0 aromatic heterocycles. The fourth-order valence-corrected chi connectivity index (χ4v) is 1.68. The molecule has 2 unspecified atom stereocenters. The minimum Gasteiger partial charge on any atom is -0.494 e. The molecular formula is C15H25NO3. The van der Waals surface area contributed by atoms with Gasteiger partial charge in [0.15, 0.2) is 0 Å². The number of methoxy groups -OCH3 is 1. The molecule has 2 atom stereocenters. The summed E-state index contributed by atoms with van der Waals surface area (Å²) in [5.41, 5.74) is 7.13. The van der Waals surface area contributed by atoms with Crippen molar-refractivity contribution in [3.8, 4) is 5.75 Å². The van der Waals surface area contributed by atoms with E-state index in [-0.39, 0.29) is 12.1 Å². The molecule has 1 aromatic carbocycles. The zero-order valence-electron chi connectivity index (χ0n) is 12.1. The molecule has 0 bridgehead atoms. The Morgan fingerprint density at radius 3 is 2.42 bits per heavy atom. The lowest BCUT2D eigenvalue weighted by Crippen LogP contribution is -2.23. The molecule has 0 aliphatic rings. The first-order valence-electron chi connectivity index (χ1n) is 6.76. The van der Waals surface area contributed by atoms with E-state index < -0.39 is 0 Å². The maximum absolute atomic E-state index is 6.08. The van der Waals surface area contributed by atoms with Gasteiger partial charge in [-0.25, -0.2) is 0 Å². The van der Waals surface area contributed by atoms with Crippen LogP contribution in [0.15, 0.2) is 24.3 Å². The fourth-order valence-electron chi connectivity index (χ4n) is 1.68. The van der Waals surface area contributed by atoms with Gasteiger partial charge in [0.2, 0.25) is 0 Å². The van der Waals surface area contributed by atoms with Crippen molar-refractivity contribution in [3.63, 3.8) is 0 Å². The summed E-state index contributed by atoms with van der Waals surface area (Å²) in [5, 5.41) is 0. The molecule has 0 amide bonds. The van der Waals surface area contributed by atoms with E-state index in [0.717, 1.165) is 24.3 Å². The first-order valence-corrected chi connectivity index (χ1v) is 6.76. The summed E-state index contributed by atoms with van der Waals surface area (Å²) < 4.78 is 16.2. The largest absolute Gasteiger partial charge is 0.494 e. The quantitative estimate of drug-likeness (QED) is 0.747. The van der Waals surface area contributed by atoms with Crippen LogP contribution in [0.1, 0.15) is 31.9 Å². The Kier molecular flexibility index (Phi) is 7.48. The molecule has 0 aliphatic carbocycles. The molecule has 0 saturated carbocycles. The molecule has 1 rings (SSSR count). The molecular weight excluding hydrogens is 242 g/mol. The van der Waals surface area contributed by atoms with Gasteiger partial charge in [-0.15, -0.1) is 0 Å². The number of benzene rings is 1. The van der Waals surface area contributed by atoms with Crippen LogP contribution in [0, 0.1) is 0 Å². The number of rotatable bonds is 9. The molecule has 1 aromatic rings. The molecule has 108 valence electrons. The highest BCUT2D eigenvalue weighted by atomic mass is 16.5. The topological polar surface area (TPSA) is 53.7 Å². The summed E-state index contributed by atoms with van der Waals surface area (Å²) >= 11 is 0. The summed E-state index contributed by atoms with van der Waals surface area (Å²) in [7, 11) is 1.66. The Morgan fingerprint density at radius 1 is 1.16 bits per heavy atom. The van der Waals surface area contributed by atoms with Crippen LogP contribution in [-0.2, 0) is 9.47 Å². The molecule has 0 radical (unpaired) electrons. The molecule has 0 saturated heterocycles. The van der Waals surface area contributed by atoms with Crippen molar-refractivity contribution in [2.75, 3.05) is 26.9 Å². The smallest absolute Gasteiger partial charge is 0.119 e. The highest BCUT2D eigenvalue weighted by Crippen LogP contribution is 2.17. The van der Waals surface area contributed by atoms with Crippen molar-refractivity contribution >= 4 is 0 Å². The molecule has 0 heterocycles. The van der Waals surface area contributed by atoms with Crippen LogP contribution in [0.4, 0.5) is 0 Å². The fraction of sp³-hybridized carbons (Fsp3) is 0.600. The van der Waals surface area contributed by atoms with Gasteiger partial charge >= 0.3 is 0 Å². The van der Waals surface area contributed by atoms with Gasteiger partial charge in [-0.1, -0.05) is 19.1 Å². The predicted molar refractivity (Wildman–Crippen MR) is 76.4 cm³/mol. The molecule has 19 heavy (non-hydrogen) atoms. The van der Waals surface area contributed by atoms with Crippen molar-refractivity contribution in [1.29, 1.82) is 0 Å². The lowest BCUT2D eigenvalue weighted by Gasteiger charge is -2.17. The summed E-state index contributed by atoms with van der Waals surface area (Å²) in [6.07, 6.45) is 1.06. The van der Waals surface area contributed by atoms with Gasteiger partial charge in [0.05, 0.1) is 32.0 Å². The standard InChI is InChI=1S/C15H25NO3/c1-4-9-18-14-7-5-13(6-8-14)15(16)11-19-12(2)10-17-3/h5-8,12,15H,4,9-11,16H2,1-3H3. The number of ether oxygens (including phenoxy) is 3. The van der Waals surface area contributed by atoms with Gasteiger partial charge in [-0.2, -0.15) is 0 Å². The van der Waals surface area contributed by atoms with Gasteiger partial charge in [0, 0.05) is 7.11 Å². The van der Waals surface area contributed by atoms with E-state index in [4.69, 9.17) is 19.9 Å². The van der Waals surface area contributed by atoms with Crippen LogP contribution >= 0.6 is 0 Å². The van der Waals surface area contributed by atoms with Gasteiger partial charge < -0.3 is 19.9 Å². The second-order valence-corrected chi connectivity index (χ2v) is 4.62. The second-order valence-electron chi connectivity index (χ2n) is 4.62. The van der Waals surface area contributed by atoms with Crippen LogP contribution in [-0.4, -0.2) is 33.0 Å². The average molecular weight is 267 g/mol. The Balaban J connectivity index is 2.41. The highest BCUT2D eigenvalue weighted by molar-refractivity contribution is 5.29. The van der Waals surface area contributed by atoms with Crippen LogP contribution in [0.3, 0.4) is 0 Å². The lowest BCUT2D eigenvalue weighted by molar-refractivity contribution is 0.00328. The van der Waals surface area contributed by atoms with Crippen LogP contribution in [0.5, 0.6) is 5.75 Å². The van der Waals surface area contributed by atoms with E-state index >= 15 is 0 Å². The van der Waals surface area contributed by atoms with E-state index in [2.05, 4.69) is 6.92 Å². The predicted octanol–water partition coefficient (Wildman–Crippen LogP) is 2.53. The molecule has 2 N–H and O–H groups in total. The van der Waals surface area contributed by atoms with Gasteiger partial charge in [-0.3, -0.25) is 0 Å². The van der Waals surface area contributed by atoms with Crippen molar-refractivity contribution in [2.45, 2.75) is 32.4 Å². The Hall–Kier alpha value is -1.10. The van der Waals surface area contributed by atoms with Crippen LogP contribution < -0.4 is 10.5 Å². The van der Waals surface area contributed by atoms with E-state index in [1.54, 1.807) is 7.11 Å². The Labute approximate surface area is 115 Å². The minimum absolute atomic E-state index is 0.0585. The minimum atomic E-state index is -0.125. The van der Waals surface area contributed by atoms with Gasteiger partial charge in [-0.05, 0) is 31.0 Å². The summed E-state index contributed by atoms with van der Waals surface area (Å²) in [6, 6.07) is 7.74. The highest BCUT2D eigenvalue weighted by Gasteiger charge is 2.09. The monoisotopic (exact) mass is 267 g/mol. The summed E-state index contributed by atoms with van der Waals surface area (Å²) in [5.74, 6) is 0.881. The van der Waals surface area contributed by atoms with Crippen molar-refractivity contribution in [3.05, 3.63) is 29.8 Å². The van der Waals surface area contributed by atoms with Crippen molar-refractivity contribution in [2.24, 2.45) is 5.73 Å². The molecule has 0 aliphatic heterocycles. The third-order valence-corrected chi connectivity index (χ3v) is 2.74. The van der Waals surface area contributed by atoms with E-state index in [0.29, 0.717) is 13.2 Å². The lowest BCUT2D eigenvalue weighted by atomic mass is 10.1. The second kappa shape index (κ2) is 8.91. The van der Waals surface area contributed by atoms with Crippen molar-refractivity contribution < 1.29 is 14.2 Å². The maximum Gasteiger partial charge on any atom is 0.119 e. The Morgan fingerprint density at radius 2 is 1.84 bits per heavy atom. The maximum atomic E-state index is 6.08. The summed E-state index contributed by atoms with van der Waals surface area (Å²) in [4.78, 5) is 0. The third-order valence-electron chi connectivity index (χ3n) is 2.74. The van der Waals surface area contributed by atoms with E-state index in [9.17, 15) is 0 Å². The SMILES string of the molecule is CCCOc1ccc(C(N)COC(C)COC)cc1. The zero-order chi connectivity index (χ0) is 14.1. The van der Waals surface area contributed by atoms with Gasteiger partial charge in [0.1, 0.15) is 5.75 Å². The zero-order valence-corrected chi connectivity index (χ0v) is 12.1. The molecule has 4 heteroatoms. The summed E-state index contributed by atoms with van der Waals surface area (Å²) in [6.45, 7) is 5.86. The number of hydrogen-bond donors (Lipinski definition) is 1. The molecule has 4 nitrogen and oxygen atoms in total. The van der Waals surface area contributed by atoms with Gasteiger partial charge in [0.25, 0.3) is 0 Å². The van der Waals surface area contributed by atoms with Crippen LogP contribution in [0.2, 0.25) is 0 Å². The van der Waals surface area contributed by atoms with Crippen LogP contribution in [0.25, 0.3) is 0 Å². The van der Waals surface area contributed by atoms with Crippen molar-refractivity contribution in [1.82, 2.24) is 0 Å². The number of hydrogen-bond acceptors (Lipinski definition) is 4. The molecule has 0 spiro atoms. The normalized spacial score (nSPS) is 14.1. The Bertz CT molecular complexity index is 340.